The second kappa shape index (κ2) is 14.7. The summed E-state index contributed by atoms with van der Waals surface area (Å²) in [5, 5.41) is 12.5. The normalized spacial score (nSPS) is 12.7. The number of aliphatic imine (C=N–C) groups is 1. The average Bonchev–Trinajstić information content (AvgIpc) is 2.86. The number of imide groups is 1. The van der Waals surface area contributed by atoms with Crippen LogP contribution in [0.25, 0.3) is 10.8 Å². The summed E-state index contributed by atoms with van der Waals surface area (Å²) in [5.41, 5.74) is 10.7. The number of hydrogen-bond donors (Lipinski definition) is 6. The lowest BCUT2D eigenvalue weighted by Crippen LogP contribution is -2.53. The Hall–Kier alpha value is -4.35. The van der Waals surface area contributed by atoms with Gasteiger partial charge in [-0.2, -0.15) is 0 Å². The van der Waals surface area contributed by atoms with Crippen molar-refractivity contribution in [3.05, 3.63) is 42.5 Å². The second-order valence-corrected chi connectivity index (χ2v) is 10.7. The maximum atomic E-state index is 13.0. The van der Waals surface area contributed by atoms with Gasteiger partial charge in [0.05, 0.1) is 6.54 Å². The summed E-state index contributed by atoms with van der Waals surface area (Å²) in [6, 6.07) is 11.8. The molecular formula is C28H41N7O5. The number of fused-ring (bicyclic) bond motifs is 1. The lowest BCUT2D eigenvalue weighted by Gasteiger charge is -2.25. The number of carbonyl (C=O) groups excluding carboxylic acids is 4. The first-order chi connectivity index (χ1) is 18.7. The highest BCUT2D eigenvalue weighted by Gasteiger charge is 2.27. The van der Waals surface area contributed by atoms with Gasteiger partial charge in [-0.25, -0.2) is 4.79 Å². The van der Waals surface area contributed by atoms with Gasteiger partial charge in [0.25, 0.3) is 0 Å². The number of hydrogen-bond acceptors (Lipinski definition) is 7. The molecule has 2 atom stereocenters. The van der Waals surface area contributed by atoms with Crippen LogP contribution in [0.4, 0.5) is 10.5 Å². The standard InChI is InChI=1S/C28H41N7O5/c1-17(2)23(35-27(39)40-28(3,4)5)25(38)32-16-22(36)34-24(37)21(11-8-14-31-26(29)30)33-20-13-12-18-9-6-7-10-19(18)15-20/h6-7,9-10,12-13,15,17,21,23,33H,8,11,14,16H2,1-5H3,(H,32,38)(H,35,39)(H4,29,30,31)(H,34,36,37). The Morgan fingerprint density at radius 1 is 0.975 bits per heavy atom. The number of nitrogens with two attached hydrogens (primary N) is 2. The van der Waals surface area contributed by atoms with E-state index in [0.29, 0.717) is 25.1 Å². The largest absolute Gasteiger partial charge is 0.444 e. The fraction of sp³-hybridized carbons (Fsp3) is 0.464. The third-order valence-corrected chi connectivity index (χ3v) is 5.66. The molecule has 12 heteroatoms. The number of carbonyl (C=O) groups is 4. The molecule has 0 bridgehead atoms. The first-order valence-corrected chi connectivity index (χ1v) is 13.2. The molecule has 0 aromatic heterocycles. The van der Waals surface area contributed by atoms with E-state index < -0.39 is 48.0 Å². The van der Waals surface area contributed by atoms with Crippen LogP contribution in [0.15, 0.2) is 47.5 Å². The smallest absolute Gasteiger partial charge is 0.408 e. The highest BCUT2D eigenvalue weighted by atomic mass is 16.6. The molecule has 0 saturated heterocycles. The molecule has 0 aliphatic rings. The molecule has 218 valence electrons. The summed E-state index contributed by atoms with van der Waals surface area (Å²) < 4.78 is 5.22. The summed E-state index contributed by atoms with van der Waals surface area (Å²) in [6.45, 7) is 8.48. The van der Waals surface area contributed by atoms with Gasteiger partial charge in [-0.3, -0.25) is 24.7 Å². The van der Waals surface area contributed by atoms with Gasteiger partial charge in [-0.05, 0) is 62.4 Å². The molecule has 4 amide bonds. The van der Waals surface area contributed by atoms with Crippen LogP contribution >= 0.6 is 0 Å². The van der Waals surface area contributed by atoms with Crippen molar-refractivity contribution in [2.45, 2.75) is 65.1 Å². The number of ether oxygens (including phenoxy) is 1. The predicted molar refractivity (Wildman–Crippen MR) is 155 cm³/mol. The Morgan fingerprint density at radius 2 is 1.65 bits per heavy atom. The molecule has 12 nitrogen and oxygen atoms in total. The van der Waals surface area contributed by atoms with Crippen LogP contribution in [-0.2, 0) is 19.1 Å². The molecule has 0 fully saturated rings. The second-order valence-electron chi connectivity index (χ2n) is 10.7. The molecule has 0 aliphatic carbocycles. The van der Waals surface area contributed by atoms with E-state index in [9.17, 15) is 19.2 Å². The van der Waals surface area contributed by atoms with Crippen LogP contribution in [0, 0.1) is 5.92 Å². The summed E-state index contributed by atoms with van der Waals surface area (Å²) in [4.78, 5) is 54.4. The monoisotopic (exact) mass is 555 g/mol. The van der Waals surface area contributed by atoms with Crippen molar-refractivity contribution in [1.29, 1.82) is 0 Å². The van der Waals surface area contributed by atoms with Gasteiger partial charge in [0.1, 0.15) is 17.7 Å². The first-order valence-electron chi connectivity index (χ1n) is 13.2. The Bertz CT molecular complexity index is 1220. The number of anilines is 1. The average molecular weight is 556 g/mol. The van der Waals surface area contributed by atoms with Gasteiger partial charge in [0.2, 0.25) is 17.7 Å². The zero-order valence-electron chi connectivity index (χ0n) is 23.7. The molecular weight excluding hydrogens is 514 g/mol. The molecule has 2 aromatic rings. The van der Waals surface area contributed by atoms with E-state index in [2.05, 4.69) is 26.3 Å². The van der Waals surface area contributed by atoms with E-state index in [1.54, 1.807) is 34.6 Å². The SMILES string of the molecule is CC(C)C(NC(=O)OC(C)(C)C)C(=O)NCC(=O)NC(=O)C(CCCN=C(N)N)Nc1ccc2ccccc2c1. The Balaban J connectivity index is 2.01. The third-order valence-electron chi connectivity index (χ3n) is 5.66. The molecule has 0 saturated carbocycles. The van der Waals surface area contributed by atoms with Gasteiger partial charge in [-0.15, -0.1) is 0 Å². The van der Waals surface area contributed by atoms with Gasteiger partial charge in [0.15, 0.2) is 5.96 Å². The molecule has 0 heterocycles. The Morgan fingerprint density at radius 3 is 2.27 bits per heavy atom. The quantitative estimate of drug-likeness (QED) is 0.130. The fourth-order valence-corrected chi connectivity index (χ4v) is 3.77. The lowest BCUT2D eigenvalue weighted by atomic mass is 10.0. The minimum atomic E-state index is -0.934. The minimum absolute atomic E-state index is 0.0460. The van der Waals surface area contributed by atoms with Crippen molar-refractivity contribution in [3.63, 3.8) is 0 Å². The van der Waals surface area contributed by atoms with Crippen molar-refractivity contribution in [2.75, 3.05) is 18.4 Å². The zero-order chi connectivity index (χ0) is 29.9. The summed E-state index contributed by atoms with van der Waals surface area (Å²) >= 11 is 0. The van der Waals surface area contributed by atoms with Crippen molar-refractivity contribution >= 4 is 46.2 Å². The van der Waals surface area contributed by atoms with Crippen molar-refractivity contribution < 1.29 is 23.9 Å². The predicted octanol–water partition coefficient (Wildman–Crippen LogP) is 1.98. The lowest BCUT2D eigenvalue weighted by molar-refractivity contribution is -0.132. The number of guanidine groups is 1. The van der Waals surface area contributed by atoms with Crippen molar-refractivity contribution in [3.8, 4) is 0 Å². The van der Waals surface area contributed by atoms with Crippen LogP contribution in [0.1, 0.15) is 47.5 Å². The van der Waals surface area contributed by atoms with Crippen LogP contribution in [-0.4, -0.2) is 60.5 Å². The summed E-state index contributed by atoms with van der Waals surface area (Å²) in [7, 11) is 0. The molecule has 40 heavy (non-hydrogen) atoms. The van der Waals surface area contributed by atoms with E-state index >= 15 is 0 Å². The highest BCUT2D eigenvalue weighted by Crippen LogP contribution is 2.20. The van der Waals surface area contributed by atoms with Gasteiger partial charge in [-0.1, -0.05) is 44.2 Å². The molecule has 8 N–H and O–H groups in total. The topological polar surface area (TPSA) is 190 Å². The fourth-order valence-electron chi connectivity index (χ4n) is 3.77. The summed E-state index contributed by atoms with van der Waals surface area (Å²) in [6.07, 6.45) is 0.0717. The van der Waals surface area contributed by atoms with Gasteiger partial charge < -0.3 is 32.2 Å². The number of rotatable bonds is 12. The van der Waals surface area contributed by atoms with E-state index in [4.69, 9.17) is 16.2 Å². The number of nitrogens with one attached hydrogen (secondary N) is 4. The number of benzene rings is 2. The van der Waals surface area contributed by atoms with Crippen LogP contribution < -0.4 is 32.7 Å². The molecule has 0 radical (unpaired) electrons. The third kappa shape index (κ3) is 11.2. The van der Waals surface area contributed by atoms with E-state index in [1.807, 2.05) is 42.5 Å². The number of nitrogens with zero attached hydrogens (tertiary/aromatic N) is 1. The maximum absolute atomic E-state index is 13.0. The molecule has 2 aromatic carbocycles. The van der Waals surface area contributed by atoms with Gasteiger partial charge >= 0.3 is 6.09 Å². The van der Waals surface area contributed by atoms with Crippen LogP contribution in [0.2, 0.25) is 0 Å². The zero-order valence-corrected chi connectivity index (χ0v) is 23.7. The van der Waals surface area contributed by atoms with Crippen LogP contribution in [0.3, 0.4) is 0 Å². The molecule has 0 aliphatic heterocycles. The molecule has 2 rings (SSSR count). The Labute approximate surface area is 234 Å². The van der Waals surface area contributed by atoms with E-state index in [0.717, 1.165) is 10.8 Å². The molecule has 0 spiro atoms. The van der Waals surface area contributed by atoms with Crippen molar-refractivity contribution in [2.24, 2.45) is 22.4 Å². The minimum Gasteiger partial charge on any atom is -0.444 e. The van der Waals surface area contributed by atoms with E-state index in [-0.39, 0.29) is 11.9 Å². The number of amides is 4. The van der Waals surface area contributed by atoms with Crippen LogP contribution in [0.5, 0.6) is 0 Å². The Kier molecular flexibility index (Phi) is 11.7. The summed E-state index contributed by atoms with van der Waals surface area (Å²) in [5.74, 6) is -2.17. The van der Waals surface area contributed by atoms with E-state index in [1.165, 1.54) is 0 Å². The highest BCUT2D eigenvalue weighted by molar-refractivity contribution is 6.01. The number of alkyl carbamates (subject to hydrolysis) is 1. The maximum Gasteiger partial charge on any atom is 0.408 e. The first kappa shape index (κ1) is 31.9. The van der Waals surface area contributed by atoms with Gasteiger partial charge in [0, 0.05) is 12.2 Å². The molecule has 2 unspecified atom stereocenters. The van der Waals surface area contributed by atoms with Crippen molar-refractivity contribution in [1.82, 2.24) is 16.0 Å².